The van der Waals surface area contributed by atoms with Crippen molar-refractivity contribution >= 4 is 28.2 Å². The van der Waals surface area contributed by atoms with E-state index >= 15 is 0 Å². The number of hydrogen-bond acceptors (Lipinski definition) is 7. The Morgan fingerprint density at radius 2 is 2.05 bits per heavy atom. The van der Waals surface area contributed by atoms with Gasteiger partial charge < -0.3 is 9.73 Å². The fourth-order valence-electron chi connectivity index (χ4n) is 1.71. The van der Waals surface area contributed by atoms with Crippen molar-refractivity contribution in [3.63, 3.8) is 0 Å². The number of rotatable bonds is 5. The third-order valence-corrected chi connectivity index (χ3v) is 4.92. The van der Waals surface area contributed by atoms with E-state index in [9.17, 15) is 0 Å². The fourth-order valence-corrected chi connectivity index (χ4v) is 3.29. The highest BCUT2D eigenvalue weighted by molar-refractivity contribution is 8.00. The summed E-state index contributed by atoms with van der Waals surface area (Å²) in [5.74, 6) is 1.37. The van der Waals surface area contributed by atoms with Gasteiger partial charge in [-0.1, -0.05) is 40.8 Å². The molecule has 2 heterocycles. The number of aryl methyl sites for hydroxylation is 1. The molecule has 0 fully saturated rings. The van der Waals surface area contributed by atoms with Gasteiger partial charge in [-0.2, -0.15) is 0 Å². The van der Waals surface area contributed by atoms with E-state index in [0.717, 1.165) is 20.7 Å². The highest BCUT2D eigenvalue weighted by atomic mass is 32.2. The van der Waals surface area contributed by atoms with E-state index in [2.05, 4.69) is 39.6 Å². The van der Waals surface area contributed by atoms with E-state index in [4.69, 9.17) is 4.42 Å². The van der Waals surface area contributed by atoms with Crippen LogP contribution in [0.2, 0.25) is 0 Å². The van der Waals surface area contributed by atoms with E-state index in [1.165, 1.54) is 16.9 Å². The zero-order chi connectivity index (χ0) is 14.7. The molecule has 7 heteroatoms. The molecule has 5 nitrogen and oxygen atoms in total. The molecule has 0 radical (unpaired) electrons. The molecule has 0 spiro atoms. The van der Waals surface area contributed by atoms with Gasteiger partial charge in [0.05, 0.1) is 5.69 Å². The van der Waals surface area contributed by atoms with Gasteiger partial charge in [-0.05, 0) is 19.1 Å². The number of nitrogens with zero attached hydrogens (tertiary/aromatic N) is 3. The van der Waals surface area contributed by atoms with Crippen LogP contribution in [0.4, 0.5) is 5.13 Å². The first-order valence-electron chi connectivity index (χ1n) is 6.40. The summed E-state index contributed by atoms with van der Waals surface area (Å²) in [5, 5.41) is 11.9. The largest absolute Gasteiger partial charge is 0.444 e. The molecule has 0 aliphatic rings. The Balaban J connectivity index is 1.66. The number of oxazole rings is 1. The van der Waals surface area contributed by atoms with Crippen LogP contribution in [0.3, 0.4) is 0 Å². The van der Waals surface area contributed by atoms with E-state index < -0.39 is 0 Å². The third kappa shape index (κ3) is 3.43. The van der Waals surface area contributed by atoms with Crippen LogP contribution in [0.5, 0.6) is 0 Å². The van der Waals surface area contributed by atoms with Crippen molar-refractivity contribution in [3.8, 4) is 11.5 Å². The van der Waals surface area contributed by atoms with Gasteiger partial charge in [0.15, 0.2) is 4.34 Å². The first kappa shape index (κ1) is 14.1. The minimum absolute atomic E-state index is 0.652. The summed E-state index contributed by atoms with van der Waals surface area (Å²) in [6.45, 7) is 2.06. The average molecular weight is 318 g/mol. The van der Waals surface area contributed by atoms with Crippen molar-refractivity contribution in [3.05, 3.63) is 41.8 Å². The van der Waals surface area contributed by atoms with Crippen molar-refractivity contribution in [2.45, 2.75) is 17.0 Å². The van der Waals surface area contributed by atoms with Gasteiger partial charge in [0, 0.05) is 18.4 Å². The number of nitrogens with one attached hydrogen (secondary N) is 1. The second kappa shape index (κ2) is 6.28. The standard InChI is InChI=1S/C14H14N4OS2/c1-9-3-5-10(6-4-9)12-16-11(7-19-12)8-20-14-18-17-13(15-2)21-14/h3-7H,8H2,1-2H3,(H,15,17). The van der Waals surface area contributed by atoms with Gasteiger partial charge in [0.25, 0.3) is 0 Å². The molecule has 1 aromatic carbocycles. The van der Waals surface area contributed by atoms with E-state index in [1.807, 2.05) is 19.2 Å². The molecule has 0 aliphatic heterocycles. The van der Waals surface area contributed by atoms with Crippen molar-refractivity contribution in [1.29, 1.82) is 0 Å². The molecular weight excluding hydrogens is 304 g/mol. The molecule has 0 atom stereocenters. The Hall–Kier alpha value is -1.86. The molecule has 0 amide bonds. The summed E-state index contributed by atoms with van der Waals surface area (Å²) in [5.41, 5.74) is 3.11. The first-order chi connectivity index (χ1) is 10.2. The second-order valence-electron chi connectivity index (χ2n) is 4.42. The Bertz CT molecular complexity index is 721. The number of thioether (sulfide) groups is 1. The minimum Gasteiger partial charge on any atom is -0.444 e. The van der Waals surface area contributed by atoms with Gasteiger partial charge in [0.2, 0.25) is 11.0 Å². The van der Waals surface area contributed by atoms with Crippen LogP contribution < -0.4 is 5.32 Å². The lowest BCUT2D eigenvalue weighted by molar-refractivity contribution is 0.573. The maximum Gasteiger partial charge on any atom is 0.226 e. The summed E-state index contributed by atoms with van der Waals surface area (Å²) in [6.07, 6.45) is 1.70. The molecule has 0 saturated heterocycles. The molecular formula is C14H14N4OS2. The Morgan fingerprint density at radius 3 is 2.76 bits per heavy atom. The van der Waals surface area contributed by atoms with Crippen LogP contribution >= 0.6 is 23.1 Å². The van der Waals surface area contributed by atoms with Crippen LogP contribution in [0.25, 0.3) is 11.5 Å². The maximum absolute atomic E-state index is 5.54. The summed E-state index contributed by atoms with van der Waals surface area (Å²) in [6, 6.07) is 8.13. The summed E-state index contributed by atoms with van der Waals surface area (Å²) < 4.78 is 6.45. The topological polar surface area (TPSA) is 63.8 Å². The molecule has 0 aliphatic carbocycles. The van der Waals surface area contributed by atoms with Crippen LogP contribution in [0, 0.1) is 6.92 Å². The predicted molar refractivity (Wildman–Crippen MR) is 85.7 cm³/mol. The highest BCUT2D eigenvalue weighted by Crippen LogP contribution is 2.28. The molecule has 2 aromatic heterocycles. The lowest BCUT2D eigenvalue weighted by atomic mass is 10.1. The lowest BCUT2D eigenvalue weighted by Crippen LogP contribution is -1.84. The predicted octanol–water partition coefficient (Wildman–Crippen LogP) is 3.84. The van der Waals surface area contributed by atoms with Gasteiger partial charge in [-0.15, -0.1) is 10.2 Å². The Morgan fingerprint density at radius 1 is 1.24 bits per heavy atom. The van der Waals surface area contributed by atoms with Gasteiger partial charge in [-0.25, -0.2) is 4.98 Å². The molecule has 0 unspecified atom stereocenters. The Kier molecular flexibility index (Phi) is 4.21. The molecule has 108 valence electrons. The molecule has 21 heavy (non-hydrogen) atoms. The zero-order valence-corrected chi connectivity index (χ0v) is 13.3. The van der Waals surface area contributed by atoms with Gasteiger partial charge >= 0.3 is 0 Å². The number of benzene rings is 1. The molecule has 1 N–H and O–H groups in total. The fraction of sp³-hybridized carbons (Fsp3) is 0.214. The quantitative estimate of drug-likeness (QED) is 0.721. The molecule has 3 rings (SSSR count). The van der Waals surface area contributed by atoms with Crippen molar-refractivity contribution in [1.82, 2.24) is 15.2 Å². The third-order valence-electron chi connectivity index (χ3n) is 2.81. The molecule has 0 bridgehead atoms. The van der Waals surface area contributed by atoms with Crippen molar-refractivity contribution < 1.29 is 4.42 Å². The monoisotopic (exact) mass is 318 g/mol. The number of hydrogen-bond donors (Lipinski definition) is 1. The van der Waals surface area contributed by atoms with Gasteiger partial charge in [0.1, 0.15) is 6.26 Å². The first-order valence-corrected chi connectivity index (χ1v) is 8.20. The smallest absolute Gasteiger partial charge is 0.226 e. The summed E-state index contributed by atoms with van der Waals surface area (Å²) in [7, 11) is 1.83. The summed E-state index contributed by atoms with van der Waals surface area (Å²) in [4.78, 5) is 4.51. The number of aromatic nitrogens is 3. The number of anilines is 1. The van der Waals surface area contributed by atoms with Crippen LogP contribution in [-0.2, 0) is 5.75 Å². The average Bonchev–Trinajstić information content (AvgIpc) is 3.15. The van der Waals surface area contributed by atoms with E-state index in [-0.39, 0.29) is 0 Å². The van der Waals surface area contributed by atoms with Crippen molar-refractivity contribution in [2.75, 3.05) is 12.4 Å². The molecule has 3 aromatic rings. The van der Waals surface area contributed by atoms with Crippen LogP contribution in [0.15, 0.2) is 39.3 Å². The second-order valence-corrected chi connectivity index (χ2v) is 6.62. The SMILES string of the molecule is CNc1nnc(SCc2coc(-c3ccc(C)cc3)n2)s1. The van der Waals surface area contributed by atoms with Crippen LogP contribution in [-0.4, -0.2) is 22.2 Å². The van der Waals surface area contributed by atoms with Crippen molar-refractivity contribution in [2.24, 2.45) is 0 Å². The van der Waals surface area contributed by atoms with E-state index in [0.29, 0.717) is 11.6 Å². The minimum atomic E-state index is 0.652. The normalized spacial score (nSPS) is 10.8. The van der Waals surface area contributed by atoms with Gasteiger partial charge in [-0.3, -0.25) is 0 Å². The highest BCUT2D eigenvalue weighted by Gasteiger charge is 2.09. The Labute approximate surface area is 130 Å². The van der Waals surface area contributed by atoms with Crippen LogP contribution in [0.1, 0.15) is 11.3 Å². The summed E-state index contributed by atoms with van der Waals surface area (Å²) >= 11 is 3.13. The zero-order valence-electron chi connectivity index (χ0n) is 11.7. The lowest BCUT2D eigenvalue weighted by Gasteiger charge is -1.95. The maximum atomic E-state index is 5.54. The van der Waals surface area contributed by atoms with E-state index in [1.54, 1.807) is 18.0 Å². The molecule has 0 saturated carbocycles.